The molecule has 0 aromatic carbocycles. The highest BCUT2D eigenvalue weighted by Gasteiger charge is 2.39. The number of thioether (sulfide) groups is 2. The van der Waals surface area contributed by atoms with Gasteiger partial charge in [0.2, 0.25) is 0 Å². The lowest BCUT2D eigenvalue weighted by molar-refractivity contribution is -0.128. The Bertz CT molecular complexity index is 759. The van der Waals surface area contributed by atoms with Gasteiger partial charge in [-0.05, 0) is 24.3 Å². The molecule has 0 saturated heterocycles. The number of hydrogen-bond donors (Lipinski definition) is 0. The normalized spacial score (nSPS) is 20.9. The standard InChI is InChI=1S/C15H12ClN3OS2/c16-12-13(20)19-9-8-18-7-3-4-10(18)14(19)22-15(12)21-11-5-1-2-6-17-11/h1-7,14H,8-9H2. The van der Waals surface area contributed by atoms with Crippen molar-refractivity contribution in [3.8, 4) is 0 Å². The van der Waals surface area contributed by atoms with Crippen LogP contribution in [0.5, 0.6) is 0 Å². The molecule has 22 heavy (non-hydrogen) atoms. The van der Waals surface area contributed by atoms with Crippen molar-refractivity contribution in [1.29, 1.82) is 0 Å². The van der Waals surface area contributed by atoms with Gasteiger partial charge < -0.3 is 9.47 Å². The van der Waals surface area contributed by atoms with Crippen molar-refractivity contribution in [1.82, 2.24) is 14.5 Å². The molecular formula is C15H12ClN3OS2. The Morgan fingerprint density at radius 3 is 3.00 bits per heavy atom. The number of carbonyl (C=O) groups excluding carboxylic acids is 1. The van der Waals surface area contributed by atoms with Gasteiger partial charge in [0.15, 0.2) is 0 Å². The van der Waals surface area contributed by atoms with E-state index in [0.29, 0.717) is 11.6 Å². The molecule has 4 heterocycles. The van der Waals surface area contributed by atoms with E-state index < -0.39 is 0 Å². The summed E-state index contributed by atoms with van der Waals surface area (Å²) in [4.78, 5) is 18.7. The minimum Gasteiger partial charge on any atom is -0.347 e. The Morgan fingerprint density at radius 1 is 1.27 bits per heavy atom. The lowest BCUT2D eigenvalue weighted by atomic mass is 10.3. The van der Waals surface area contributed by atoms with E-state index in [-0.39, 0.29) is 11.3 Å². The van der Waals surface area contributed by atoms with Crippen molar-refractivity contribution < 1.29 is 4.79 Å². The maximum absolute atomic E-state index is 12.6. The van der Waals surface area contributed by atoms with Gasteiger partial charge in [0.1, 0.15) is 15.4 Å². The molecule has 0 radical (unpaired) electrons. The van der Waals surface area contributed by atoms with Crippen molar-refractivity contribution in [2.45, 2.75) is 16.9 Å². The third-order valence-corrected chi connectivity index (χ3v) is 6.76. The molecule has 0 aliphatic carbocycles. The molecule has 1 unspecified atom stereocenters. The lowest BCUT2D eigenvalue weighted by Crippen LogP contribution is -2.42. The van der Waals surface area contributed by atoms with Gasteiger partial charge in [-0.3, -0.25) is 4.79 Å². The van der Waals surface area contributed by atoms with Crippen LogP contribution in [0.2, 0.25) is 0 Å². The molecule has 2 aliphatic heterocycles. The second-order valence-corrected chi connectivity index (χ2v) is 7.72. The van der Waals surface area contributed by atoms with Crippen molar-refractivity contribution in [3.05, 3.63) is 57.7 Å². The molecule has 4 nitrogen and oxygen atoms in total. The van der Waals surface area contributed by atoms with Crippen LogP contribution < -0.4 is 0 Å². The fourth-order valence-corrected chi connectivity index (χ4v) is 5.38. The number of halogens is 1. The zero-order valence-corrected chi connectivity index (χ0v) is 13.9. The molecule has 2 aromatic rings. The molecule has 0 N–H and O–H groups in total. The first-order valence-corrected chi connectivity index (χ1v) is 8.93. The molecule has 112 valence electrons. The average molecular weight is 350 g/mol. The molecule has 2 aromatic heterocycles. The third kappa shape index (κ3) is 2.35. The number of fused-ring (bicyclic) bond motifs is 3. The maximum atomic E-state index is 12.6. The van der Waals surface area contributed by atoms with Crippen molar-refractivity contribution in [3.63, 3.8) is 0 Å². The second kappa shape index (κ2) is 5.68. The predicted octanol–water partition coefficient (Wildman–Crippen LogP) is 3.67. The average Bonchev–Trinajstić information content (AvgIpc) is 3.02. The number of nitrogens with zero attached hydrogens (tertiary/aromatic N) is 3. The summed E-state index contributed by atoms with van der Waals surface area (Å²) in [6, 6.07) is 9.81. The van der Waals surface area contributed by atoms with E-state index in [1.807, 2.05) is 29.2 Å². The number of rotatable bonds is 2. The van der Waals surface area contributed by atoms with Gasteiger partial charge in [0, 0.05) is 25.5 Å². The minimum absolute atomic E-state index is 0.00929. The molecule has 7 heteroatoms. The summed E-state index contributed by atoms with van der Waals surface area (Å²) in [5.74, 6) is -0.0868. The largest absolute Gasteiger partial charge is 0.347 e. The van der Waals surface area contributed by atoms with Crippen molar-refractivity contribution >= 4 is 41.0 Å². The van der Waals surface area contributed by atoms with E-state index in [9.17, 15) is 4.79 Å². The fraction of sp³-hybridized carbons (Fsp3) is 0.200. The lowest BCUT2D eigenvalue weighted by Gasteiger charge is -2.39. The van der Waals surface area contributed by atoms with Gasteiger partial charge in [-0.2, -0.15) is 0 Å². The van der Waals surface area contributed by atoms with E-state index in [4.69, 9.17) is 11.6 Å². The number of hydrogen-bond acceptors (Lipinski definition) is 4. The number of pyridine rings is 1. The summed E-state index contributed by atoms with van der Waals surface area (Å²) in [5, 5.41) is 1.14. The van der Waals surface area contributed by atoms with Gasteiger partial charge in [-0.1, -0.05) is 41.2 Å². The molecular weight excluding hydrogens is 338 g/mol. The van der Waals surface area contributed by atoms with Crippen LogP contribution in [0.3, 0.4) is 0 Å². The van der Waals surface area contributed by atoms with Crippen LogP contribution in [-0.4, -0.2) is 26.9 Å². The Kier molecular flexibility index (Phi) is 3.68. The zero-order valence-electron chi connectivity index (χ0n) is 11.5. The molecule has 0 bridgehead atoms. The predicted molar refractivity (Wildman–Crippen MR) is 89.5 cm³/mol. The van der Waals surface area contributed by atoms with E-state index in [0.717, 1.165) is 21.5 Å². The zero-order chi connectivity index (χ0) is 15.1. The Balaban J connectivity index is 1.69. The van der Waals surface area contributed by atoms with Crippen LogP contribution in [0.4, 0.5) is 0 Å². The first-order valence-electron chi connectivity index (χ1n) is 6.85. The molecule has 0 fully saturated rings. The summed E-state index contributed by atoms with van der Waals surface area (Å²) in [6.45, 7) is 1.51. The van der Waals surface area contributed by atoms with Crippen LogP contribution in [0.1, 0.15) is 11.1 Å². The van der Waals surface area contributed by atoms with Gasteiger partial charge in [0.25, 0.3) is 5.91 Å². The monoisotopic (exact) mass is 349 g/mol. The smallest absolute Gasteiger partial charge is 0.268 e. The number of carbonyl (C=O) groups is 1. The first kappa shape index (κ1) is 14.2. The summed E-state index contributed by atoms with van der Waals surface area (Å²) in [5.41, 5.74) is 1.15. The number of aromatic nitrogens is 2. The van der Waals surface area contributed by atoms with Crippen LogP contribution >= 0.6 is 35.1 Å². The van der Waals surface area contributed by atoms with E-state index in [1.54, 1.807) is 18.0 Å². The topological polar surface area (TPSA) is 38.1 Å². The summed E-state index contributed by atoms with van der Waals surface area (Å²) >= 11 is 9.39. The molecule has 0 saturated carbocycles. The Labute approximate surface area is 141 Å². The SMILES string of the molecule is O=C1C(Cl)=C(Sc2ccccn2)SC2c3cccn3CCN12. The van der Waals surface area contributed by atoms with E-state index in [2.05, 4.69) is 21.8 Å². The first-order chi connectivity index (χ1) is 10.7. The van der Waals surface area contributed by atoms with Crippen LogP contribution in [0.25, 0.3) is 0 Å². The van der Waals surface area contributed by atoms with Gasteiger partial charge in [-0.25, -0.2) is 4.98 Å². The highest BCUT2D eigenvalue weighted by Crippen LogP contribution is 2.51. The van der Waals surface area contributed by atoms with E-state index >= 15 is 0 Å². The van der Waals surface area contributed by atoms with Crippen LogP contribution in [0.15, 0.2) is 57.0 Å². The second-order valence-electron chi connectivity index (χ2n) is 4.97. The molecule has 1 atom stereocenters. The quantitative estimate of drug-likeness (QED) is 0.829. The Hall–Kier alpha value is -1.37. The molecule has 2 aliphatic rings. The van der Waals surface area contributed by atoms with Gasteiger partial charge >= 0.3 is 0 Å². The van der Waals surface area contributed by atoms with Gasteiger partial charge in [0.05, 0.1) is 9.93 Å². The maximum Gasteiger partial charge on any atom is 0.268 e. The number of amides is 1. The third-order valence-electron chi connectivity index (χ3n) is 3.66. The minimum atomic E-state index is -0.0868. The molecule has 1 amide bonds. The highest BCUT2D eigenvalue weighted by molar-refractivity contribution is 8.22. The van der Waals surface area contributed by atoms with Crippen molar-refractivity contribution in [2.75, 3.05) is 6.54 Å². The summed E-state index contributed by atoms with van der Waals surface area (Å²) < 4.78 is 3.02. The van der Waals surface area contributed by atoms with Gasteiger partial charge in [-0.15, -0.1) is 0 Å². The fourth-order valence-electron chi connectivity index (χ4n) is 2.62. The van der Waals surface area contributed by atoms with Crippen LogP contribution in [0, 0.1) is 0 Å². The molecule has 4 rings (SSSR count). The summed E-state index contributed by atoms with van der Waals surface area (Å²) in [7, 11) is 0. The molecule has 0 spiro atoms. The van der Waals surface area contributed by atoms with E-state index in [1.165, 1.54) is 11.8 Å². The Morgan fingerprint density at radius 2 is 2.18 bits per heavy atom. The summed E-state index contributed by atoms with van der Waals surface area (Å²) in [6.07, 6.45) is 3.80. The van der Waals surface area contributed by atoms with Crippen LogP contribution in [-0.2, 0) is 11.3 Å². The highest BCUT2D eigenvalue weighted by atomic mass is 35.5. The van der Waals surface area contributed by atoms with Crippen molar-refractivity contribution in [2.24, 2.45) is 0 Å².